The Balaban J connectivity index is 1.88. The lowest BCUT2D eigenvalue weighted by molar-refractivity contribution is -0.138. The monoisotopic (exact) mass is 426 g/mol. The van der Waals surface area contributed by atoms with Crippen LogP contribution in [0.4, 0.5) is 18.9 Å². The van der Waals surface area contributed by atoms with Gasteiger partial charge in [-0.1, -0.05) is 36.4 Å². The van der Waals surface area contributed by atoms with Crippen LogP contribution in [0.25, 0.3) is 0 Å². The SMILES string of the molecule is CC1=C(C(=O)Nc2ccccc2)C(c2ccccc2C(F)(F)F)C2=C(CCCC2=O)N1. The van der Waals surface area contributed by atoms with Crippen LogP contribution in [-0.4, -0.2) is 11.7 Å². The summed E-state index contributed by atoms with van der Waals surface area (Å²) in [7, 11) is 0. The van der Waals surface area contributed by atoms with Gasteiger partial charge in [0.2, 0.25) is 0 Å². The quantitative estimate of drug-likeness (QED) is 0.699. The zero-order valence-electron chi connectivity index (χ0n) is 16.8. The molecule has 0 saturated heterocycles. The summed E-state index contributed by atoms with van der Waals surface area (Å²) in [6.07, 6.45) is -3.19. The smallest absolute Gasteiger partial charge is 0.362 e. The molecule has 0 spiro atoms. The molecule has 1 heterocycles. The molecule has 160 valence electrons. The number of allylic oxidation sites excluding steroid dienone is 3. The zero-order valence-corrected chi connectivity index (χ0v) is 16.8. The first-order valence-corrected chi connectivity index (χ1v) is 10.0. The summed E-state index contributed by atoms with van der Waals surface area (Å²) >= 11 is 0. The lowest BCUT2D eigenvalue weighted by Crippen LogP contribution is -2.36. The first-order valence-electron chi connectivity index (χ1n) is 10.0. The number of para-hydroxylation sites is 1. The Kier molecular flexibility index (Phi) is 5.43. The highest BCUT2D eigenvalue weighted by atomic mass is 19.4. The van der Waals surface area contributed by atoms with Crippen molar-refractivity contribution >= 4 is 17.4 Å². The minimum atomic E-state index is -4.62. The van der Waals surface area contributed by atoms with Gasteiger partial charge in [0.15, 0.2) is 5.78 Å². The lowest BCUT2D eigenvalue weighted by Gasteiger charge is -2.35. The molecule has 0 fully saturated rings. The number of nitrogens with one attached hydrogen (secondary N) is 2. The molecule has 2 N–H and O–H groups in total. The second-order valence-corrected chi connectivity index (χ2v) is 7.67. The number of hydrogen-bond acceptors (Lipinski definition) is 3. The number of rotatable bonds is 3. The van der Waals surface area contributed by atoms with Gasteiger partial charge < -0.3 is 10.6 Å². The van der Waals surface area contributed by atoms with Crippen molar-refractivity contribution in [2.75, 3.05) is 5.32 Å². The molecule has 0 radical (unpaired) electrons. The van der Waals surface area contributed by atoms with Crippen molar-refractivity contribution in [2.45, 2.75) is 38.3 Å². The van der Waals surface area contributed by atoms with Crippen LogP contribution in [-0.2, 0) is 15.8 Å². The number of halogens is 3. The molecule has 0 aromatic heterocycles. The molecule has 4 rings (SSSR count). The Morgan fingerprint density at radius 3 is 2.42 bits per heavy atom. The van der Waals surface area contributed by atoms with Crippen LogP contribution in [0, 0.1) is 0 Å². The number of dihydropyridines is 1. The number of hydrogen-bond donors (Lipinski definition) is 2. The topological polar surface area (TPSA) is 58.2 Å². The van der Waals surface area contributed by atoms with E-state index in [9.17, 15) is 22.8 Å². The predicted molar refractivity (Wildman–Crippen MR) is 111 cm³/mol. The minimum Gasteiger partial charge on any atom is -0.362 e. The fourth-order valence-corrected chi connectivity index (χ4v) is 4.32. The maximum atomic E-state index is 13.9. The summed E-state index contributed by atoms with van der Waals surface area (Å²) in [6.45, 7) is 1.66. The Morgan fingerprint density at radius 2 is 1.71 bits per heavy atom. The fraction of sp³-hybridized carbons (Fsp3) is 0.250. The lowest BCUT2D eigenvalue weighted by atomic mass is 9.73. The maximum Gasteiger partial charge on any atom is 0.416 e. The van der Waals surface area contributed by atoms with Crippen LogP contribution in [0.5, 0.6) is 0 Å². The summed E-state index contributed by atoms with van der Waals surface area (Å²) in [4.78, 5) is 26.2. The van der Waals surface area contributed by atoms with E-state index in [-0.39, 0.29) is 28.9 Å². The zero-order chi connectivity index (χ0) is 22.2. The first-order chi connectivity index (χ1) is 14.8. The Morgan fingerprint density at radius 1 is 1.03 bits per heavy atom. The van der Waals surface area contributed by atoms with E-state index >= 15 is 0 Å². The van der Waals surface area contributed by atoms with E-state index in [1.165, 1.54) is 18.2 Å². The van der Waals surface area contributed by atoms with Gasteiger partial charge in [0.05, 0.1) is 5.56 Å². The summed E-state index contributed by atoms with van der Waals surface area (Å²) < 4.78 is 41.6. The highest BCUT2D eigenvalue weighted by molar-refractivity contribution is 6.09. The molecular formula is C24H21F3N2O2. The molecule has 4 nitrogen and oxygen atoms in total. The number of ketones is 1. The summed E-state index contributed by atoms with van der Waals surface area (Å²) in [5, 5.41) is 5.88. The third kappa shape index (κ3) is 4.00. The second kappa shape index (κ2) is 8.06. The maximum absolute atomic E-state index is 13.9. The average Bonchev–Trinajstić information content (AvgIpc) is 2.73. The predicted octanol–water partition coefficient (Wildman–Crippen LogP) is 5.31. The van der Waals surface area contributed by atoms with Gasteiger partial charge in [0.25, 0.3) is 5.91 Å². The number of amides is 1. The highest BCUT2D eigenvalue weighted by Crippen LogP contribution is 2.46. The van der Waals surface area contributed by atoms with Crippen molar-refractivity contribution in [2.24, 2.45) is 0 Å². The molecule has 1 unspecified atom stereocenters. The highest BCUT2D eigenvalue weighted by Gasteiger charge is 2.43. The van der Waals surface area contributed by atoms with E-state index in [1.54, 1.807) is 37.3 Å². The van der Waals surface area contributed by atoms with Crippen molar-refractivity contribution < 1.29 is 22.8 Å². The van der Waals surface area contributed by atoms with E-state index in [0.717, 1.165) is 6.07 Å². The van der Waals surface area contributed by atoms with Crippen LogP contribution >= 0.6 is 0 Å². The summed E-state index contributed by atoms with van der Waals surface area (Å²) in [5.74, 6) is -1.86. The number of carbonyl (C=O) groups is 2. The van der Waals surface area contributed by atoms with Gasteiger partial charge >= 0.3 is 6.18 Å². The largest absolute Gasteiger partial charge is 0.416 e. The minimum absolute atomic E-state index is 0.0863. The van der Waals surface area contributed by atoms with Gasteiger partial charge in [-0.3, -0.25) is 9.59 Å². The van der Waals surface area contributed by atoms with Crippen LogP contribution in [0.15, 0.2) is 77.1 Å². The van der Waals surface area contributed by atoms with Crippen molar-refractivity contribution in [3.05, 3.63) is 88.3 Å². The van der Waals surface area contributed by atoms with E-state index in [4.69, 9.17) is 0 Å². The standard InChI is InChI=1S/C24H21F3N2O2/c1-14-20(23(31)29-15-8-3-2-4-9-15)21(22-18(28-14)12-7-13-19(22)30)16-10-5-6-11-17(16)24(25,26)27/h2-6,8-11,21,28H,7,12-13H2,1H3,(H,29,31). The number of anilines is 1. The normalized spacial score (nSPS) is 19.1. The van der Waals surface area contributed by atoms with E-state index in [2.05, 4.69) is 10.6 Å². The number of benzene rings is 2. The fourth-order valence-electron chi connectivity index (χ4n) is 4.32. The van der Waals surface area contributed by atoms with Crippen LogP contribution in [0.2, 0.25) is 0 Å². The Labute approximate surface area is 177 Å². The molecule has 1 amide bonds. The summed E-state index contributed by atoms with van der Waals surface area (Å²) in [5.41, 5.74) is 1.02. The molecule has 1 aliphatic carbocycles. The Bertz CT molecular complexity index is 1100. The van der Waals surface area contributed by atoms with Crippen LogP contribution in [0.3, 0.4) is 0 Å². The average molecular weight is 426 g/mol. The third-order valence-corrected chi connectivity index (χ3v) is 5.63. The van der Waals surface area contributed by atoms with Crippen molar-refractivity contribution in [1.29, 1.82) is 0 Å². The van der Waals surface area contributed by atoms with Gasteiger partial charge in [-0.15, -0.1) is 0 Å². The molecule has 2 aromatic carbocycles. The van der Waals surface area contributed by atoms with Gasteiger partial charge in [0.1, 0.15) is 0 Å². The first kappa shape index (κ1) is 20.9. The second-order valence-electron chi connectivity index (χ2n) is 7.67. The van der Waals surface area contributed by atoms with Crippen molar-refractivity contribution in [1.82, 2.24) is 5.32 Å². The van der Waals surface area contributed by atoms with Crippen molar-refractivity contribution in [3.8, 4) is 0 Å². The van der Waals surface area contributed by atoms with Crippen LogP contribution < -0.4 is 10.6 Å². The summed E-state index contributed by atoms with van der Waals surface area (Å²) in [6, 6.07) is 13.8. The van der Waals surface area contributed by atoms with E-state index in [1.807, 2.05) is 0 Å². The molecule has 0 saturated carbocycles. The van der Waals surface area contributed by atoms with Crippen LogP contribution in [0.1, 0.15) is 43.2 Å². The molecule has 31 heavy (non-hydrogen) atoms. The van der Waals surface area contributed by atoms with E-state index in [0.29, 0.717) is 29.9 Å². The Hall–Kier alpha value is -3.35. The van der Waals surface area contributed by atoms with Gasteiger partial charge in [-0.2, -0.15) is 13.2 Å². The number of alkyl halides is 3. The molecule has 0 bridgehead atoms. The molecular weight excluding hydrogens is 405 g/mol. The van der Waals surface area contributed by atoms with Gasteiger partial charge in [0, 0.05) is 40.6 Å². The molecule has 7 heteroatoms. The van der Waals surface area contributed by atoms with Crippen molar-refractivity contribution in [3.63, 3.8) is 0 Å². The van der Waals surface area contributed by atoms with E-state index < -0.39 is 23.6 Å². The number of Topliss-reactive ketones (excluding diaryl/α,β-unsaturated/α-hetero) is 1. The molecule has 2 aliphatic rings. The van der Waals surface area contributed by atoms with Gasteiger partial charge in [-0.25, -0.2) is 0 Å². The molecule has 1 aliphatic heterocycles. The number of carbonyl (C=O) groups excluding carboxylic acids is 2. The van der Waals surface area contributed by atoms with Gasteiger partial charge in [-0.05, 0) is 43.5 Å². The molecule has 1 atom stereocenters. The third-order valence-electron chi connectivity index (χ3n) is 5.63. The molecule has 2 aromatic rings.